The van der Waals surface area contributed by atoms with Crippen LogP contribution in [-0.4, -0.2) is 34.2 Å². The Kier molecular flexibility index (Phi) is 8.69. The zero-order chi connectivity index (χ0) is 24.0. The third-order valence-electron chi connectivity index (χ3n) is 6.27. The molecular formula is C27H37FN2O2S. The van der Waals surface area contributed by atoms with E-state index in [1.54, 1.807) is 23.5 Å². The number of carbonyl (C=O) groups is 2. The molecule has 6 heteroatoms. The minimum absolute atomic E-state index is 0.0556. The number of thiophene rings is 1. The molecule has 0 atom stereocenters. The van der Waals surface area contributed by atoms with E-state index in [0.717, 1.165) is 41.7 Å². The molecule has 1 fully saturated rings. The minimum atomic E-state index is -0.290. The number of carbonyl (C=O) groups excluding carboxylic acids is 2. The quantitative estimate of drug-likeness (QED) is 0.451. The molecule has 0 N–H and O–H groups in total. The van der Waals surface area contributed by atoms with Crippen molar-refractivity contribution in [2.75, 3.05) is 6.54 Å². The smallest absolute Gasteiger partial charge is 0.242 e. The first-order chi connectivity index (χ1) is 15.6. The number of nitrogens with zero attached hydrogens (tertiary/aromatic N) is 2. The summed E-state index contributed by atoms with van der Waals surface area (Å²) >= 11 is 1.63. The van der Waals surface area contributed by atoms with Crippen LogP contribution in [0.5, 0.6) is 0 Å². The molecule has 0 aliphatic heterocycles. The van der Waals surface area contributed by atoms with Crippen molar-refractivity contribution in [1.82, 2.24) is 9.80 Å². The SMILES string of the molecule is Cc1ccsc1CN(Cc1ccc(F)cc1)C(=O)CN(C(=O)CC(C)(C)C)C1CCCCC1. The number of amides is 2. The summed E-state index contributed by atoms with van der Waals surface area (Å²) in [5.74, 6) is -0.279. The fourth-order valence-electron chi connectivity index (χ4n) is 4.40. The molecule has 1 saturated carbocycles. The molecule has 33 heavy (non-hydrogen) atoms. The van der Waals surface area contributed by atoms with Crippen LogP contribution in [0.2, 0.25) is 0 Å². The van der Waals surface area contributed by atoms with Gasteiger partial charge in [0.2, 0.25) is 11.8 Å². The van der Waals surface area contributed by atoms with Crippen LogP contribution < -0.4 is 0 Å². The van der Waals surface area contributed by atoms with E-state index in [0.29, 0.717) is 19.5 Å². The molecule has 3 rings (SSSR count). The fourth-order valence-corrected chi connectivity index (χ4v) is 5.32. The van der Waals surface area contributed by atoms with Crippen molar-refractivity contribution < 1.29 is 14.0 Å². The summed E-state index contributed by atoms with van der Waals surface area (Å²) in [6.45, 7) is 9.22. The van der Waals surface area contributed by atoms with E-state index in [2.05, 4.69) is 26.8 Å². The second-order valence-electron chi connectivity index (χ2n) is 10.5. The highest BCUT2D eigenvalue weighted by atomic mass is 32.1. The van der Waals surface area contributed by atoms with Gasteiger partial charge in [-0.1, -0.05) is 52.2 Å². The Labute approximate surface area is 201 Å². The van der Waals surface area contributed by atoms with Crippen molar-refractivity contribution in [3.8, 4) is 0 Å². The summed E-state index contributed by atoms with van der Waals surface area (Å²) in [6, 6.07) is 8.49. The van der Waals surface area contributed by atoms with Gasteiger partial charge in [-0.25, -0.2) is 4.39 Å². The Balaban J connectivity index is 1.81. The molecule has 0 unspecified atom stereocenters. The largest absolute Gasteiger partial charge is 0.332 e. The molecule has 2 amide bonds. The van der Waals surface area contributed by atoms with E-state index < -0.39 is 0 Å². The van der Waals surface area contributed by atoms with Gasteiger partial charge in [0.15, 0.2) is 0 Å². The van der Waals surface area contributed by atoms with Crippen molar-refractivity contribution in [3.63, 3.8) is 0 Å². The van der Waals surface area contributed by atoms with Gasteiger partial charge in [-0.2, -0.15) is 0 Å². The molecule has 0 bridgehead atoms. The van der Waals surface area contributed by atoms with Crippen LogP contribution in [0.4, 0.5) is 4.39 Å². The van der Waals surface area contributed by atoms with E-state index in [1.807, 2.05) is 22.1 Å². The molecule has 4 nitrogen and oxygen atoms in total. The first kappa shape index (κ1) is 25.4. The van der Waals surface area contributed by atoms with E-state index in [-0.39, 0.29) is 35.6 Å². The number of hydrogen-bond donors (Lipinski definition) is 0. The second kappa shape index (κ2) is 11.3. The summed E-state index contributed by atoms with van der Waals surface area (Å²) < 4.78 is 13.4. The average molecular weight is 473 g/mol. The third-order valence-corrected chi connectivity index (χ3v) is 7.27. The van der Waals surface area contributed by atoms with Crippen LogP contribution in [0, 0.1) is 18.2 Å². The standard InChI is InChI=1S/C27H37FN2O2S/c1-20-14-15-33-24(20)18-29(17-21-10-12-22(28)13-11-21)26(32)19-30(23-8-6-5-7-9-23)25(31)16-27(2,3)4/h10-15,23H,5-9,16-19H2,1-4H3. The summed E-state index contributed by atoms with van der Waals surface area (Å²) in [6.07, 6.45) is 5.76. The van der Waals surface area contributed by atoms with Crippen molar-refractivity contribution in [3.05, 3.63) is 57.5 Å². The first-order valence-corrected chi connectivity index (χ1v) is 12.8. The molecule has 2 aromatic rings. The van der Waals surface area contributed by atoms with Gasteiger partial charge >= 0.3 is 0 Å². The van der Waals surface area contributed by atoms with Gasteiger partial charge in [0.1, 0.15) is 12.4 Å². The normalized spacial score (nSPS) is 14.8. The fraction of sp³-hybridized carbons (Fsp3) is 0.556. The molecule has 1 aromatic heterocycles. The average Bonchev–Trinajstić information content (AvgIpc) is 3.16. The van der Waals surface area contributed by atoms with Crippen LogP contribution in [0.3, 0.4) is 0 Å². The zero-order valence-corrected chi connectivity index (χ0v) is 21.2. The molecule has 0 radical (unpaired) electrons. The van der Waals surface area contributed by atoms with Crippen LogP contribution in [0.1, 0.15) is 75.3 Å². The first-order valence-electron chi connectivity index (χ1n) is 12.0. The predicted molar refractivity (Wildman–Crippen MR) is 132 cm³/mol. The Morgan fingerprint density at radius 1 is 1.00 bits per heavy atom. The van der Waals surface area contributed by atoms with Crippen LogP contribution in [-0.2, 0) is 22.7 Å². The van der Waals surface area contributed by atoms with Crippen LogP contribution in [0.25, 0.3) is 0 Å². The van der Waals surface area contributed by atoms with Crippen LogP contribution in [0.15, 0.2) is 35.7 Å². The molecule has 0 spiro atoms. The Bertz CT molecular complexity index is 926. The van der Waals surface area contributed by atoms with Gasteiger partial charge in [-0.05, 0) is 59.9 Å². The highest BCUT2D eigenvalue weighted by Gasteiger charge is 2.31. The number of benzene rings is 1. The van der Waals surface area contributed by atoms with Crippen molar-refractivity contribution in [1.29, 1.82) is 0 Å². The Morgan fingerprint density at radius 3 is 2.24 bits per heavy atom. The summed E-state index contributed by atoms with van der Waals surface area (Å²) in [5.41, 5.74) is 1.91. The summed E-state index contributed by atoms with van der Waals surface area (Å²) in [7, 11) is 0. The molecule has 0 saturated heterocycles. The zero-order valence-electron chi connectivity index (χ0n) is 20.4. The lowest BCUT2D eigenvalue weighted by Gasteiger charge is -2.37. The van der Waals surface area contributed by atoms with Gasteiger partial charge in [-0.15, -0.1) is 11.3 Å². The molecule has 180 valence electrons. The lowest BCUT2D eigenvalue weighted by molar-refractivity contribution is -0.145. The highest BCUT2D eigenvalue weighted by molar-refractivity contribution is 7.10. The van der Waals surface area contributed by atoms with Gasteiger partial charge in [0, 0.05) is 23.9 Å². The number of halogens is 1. The Morgan fingerprint density at radius 2 is 1.67 bits per heavy atom. The van der Waals surface area contributed by atoms with Crippen molar-refractivity contribution in [2.45, 2.75) is 85.4 Å². The predicted octanol–water partition coefficient (Wildman–Crippen LogP) is 6.32. The van der Waals surface area contributed by atoms with E-state index in [9.17, 15) is 14.0 Å². The van der Waals surface area contributed by atoms with Crippen molar-refractivity contribution in [2.24, 2.45) is 5.41 Å². The van der Waals surface area contributed by atoms with E-state index in [1.165, 1.54) is 18.6 Å². The second-order valence-corrected chi connectivity index (χ2v) is 11.5. The van der Waals surface area contributed by atoms with Gasteiger partial charge in [0.05, 0.1) is 6.54 Å². The lowest BCUT2D eigenvalue weighted by Crippen LogP contribution is -2.48. The summed E-state index contributed by atoms with van der Waals surface area (Å²) in [5, 5.41) is 2.03. The minimum Gasteiger partial charge on any atom is -0.332 e. The maximum Gasteiger partial charge on any atom is 0.242 e. The maximum atomic E-state index is 13.6. The molecule has 1 aliphatic rings. The molecular weight excluding hydrogens is 435 g/mol. The van der Waals surface area contributed by atoms with Gasteiger partial charge < -0.3 is 9.80 Å². The molecule has 1 aliphatic carbocycles. The van der Waals surface area contributed by atoms with Crippen LogP contribution >= 0.6 is 11.3 Å². The molecule has 1 aromatic carbocycles. The highest BCUT2D eigenvalue weighted by Crippen LogP contribution is 2.27. The number of rotatable bonds is 8. The van der Waals surface area contributed by atoms with Gasteiger partial charge in [0.25, 0.3) is 0 Å². The Hall–Kier alpha value is -2.21. The molecule has 1 heterocycles. The maximum absolute atomic E-state index is 13.6. The number of hydrogen-bond acceptors (Lipinski definition) is 3. The third kappa shape index (κ3) is 7.66. The summed E-state index contributed by atoms with van der Waals surface area (Å²) in [4.78, 5) is 31.7. The van der Waals surface area contributed by atoms with Crippen molar-refractivity contribution >= 4 is 23.2 Å². The van der Waals surface area contributed by atoms with E-state index >= 15 is 0 Å². The number of aryl methyl sites for hydroxylation is 1. The monoisotopic (exact) mass is 472 g/mol. The van der Waals surface area contributed by atoms with E-state index in [4.69, 9.17) is 0 Å². The van der Waals surface area contributed by atoms with Gasteiger partial charge in [-0.3, -0.25) is 9.59 Å². The topological polar surface area (TPSA) is 40.6 Å². The lowest BCUT2D eigenvalue weighted by atomic mass is 9.89.